The SMILES string of the molecule is O=CN1CCC(Nc2cccc(C(F)(F)F)c2)C1. The van der Waals surface area contributed by atoms with E-state index in [9.17, 15) is 18.0 Å². The largest absolute Gasteiger partial charge is 0.416 e. The van der Waals surface area contributed by atoms with Gasteiger partial charge in [-0.2, -0.15) is 13.2 Å². The van der Waals surface area contributed by atoms with Gasteiger partial charge in [-0.3, -0.25) is 4.79 Å². The molecule has 18 heavy (non-hydrogen) atoms. The zero-order valence-corrected chi connectivity index (χ0v) is 9.57. The van der Waals surface area contributed by atoms with Gasteiger partial charge in [-0.05, 0) is 24.6 Å². The molecule has 1 N–H and O–H groups in total. The monoisotopic (exact) mass is 258 g/mol. The summed E-state index contributed by atoms with van der Waals surface area (Å²) in [5, 5.41) is 3.02. The van der Waals surface area contributed by atoms with Crippen molar-refractivity contribution < 1.29 is 18.0 Å². The minimum Gasteiger partial charge on any atom is -0.380 e. The van der Waals surface area contributed by atoms with E-state index in [4.69, 9.17) is 0 Å². The van der Waals surface area contributed by atoms with Crippen LogP contribution in [0.4, 0.5) is 18.9 Å². The normalized spacial score (nSPS) is 19.9. The maximum absolute atomic E-state index is 12.5. The van der Waals surface area contributed by atoms with Crippen LogP contribution in [0.25, 0.3) is 0 Å². The van der Waals surface area contributed by atoms with E-state index < -0.39 is 11.7 Å². The zero-order chi connectivity index (χ0) is 13.2. The molecule has 1 fully saturated rings. The molecular weight excluding hydrogens is 245 g/mol. The van der Waals surface area contributed by atoms with Crippen molar-refractivity contribution in [2.45, 2.75) is 18.6 Å². The summed E-state index contributed by atoms with van der Waals surface area (Å²) in [6.45, 7) is 1.17. The molecule has 1 unspecified atom stereocenters. The van der Waals surface area contributed by atoms with Crippen molar-refractivity contribution in [3.63, 3.8) is 0 Å². The summed E-state index contributed by atoms with van der Waals surface area (Å²) in [6, 6.07) is 5.11. The molecule has 1 aliphatic rings. The molecule has 1 aliphatic heterocycles. The molecule has 2 rings (SSSR count). The molecule has 98 valence electrons. The topological polar surface area (TPSA) is 32.3 Å². The van der Waals surface area contributed by atoms with Crippen molar-refractivity contribution in [3.05, 3.63) is 29.8 Å². The van der Waals surface area contributed by atoms with Crippen LogP contribution in [0.5, 0.6) is 0 Å². The molecule has 3 nitrogen and oxygen atoms in total. The Labute approximate surface area is 103 Å². The van der Waals surface area contributed by atoms with Crippen LogP contribution in [-0.4, -0.2) is 30.4 Å². The highest BCUT2D eigenvalue weighted by atomic mass is 19.4. The van der Waals surface area contributed by atoms with Gasteiger partial charge in [-0.1, -0.05) is 6.07 Å². The number of hydrogen-bond donors (Lipinski definition) is 1. The average molecular weight is 258 g/mol. The third kappa shape index (κ3) is 2.94. The summed E-state index contributed by atoms with van der Waals surface area (Å²) in [5.74, 6) is 0. The molecule has 0 saturated carbocycles. The molecule has 0 spiro atoms. The van der Waals surface area contributed by atoms with E-state index in [1.807, 2.05) is 0 Å². The van der Waals surface area contributed by atoms with Crippen LogP contribution < -0.4 is 5.32 Å². The predicted molar refractivity (Wildman–Crippen MR) is 61.1 cm³/mol. The Balaban J connectivity index is 2.04. The number of anilines is 1. The Morgan fingerprint density at radius 3 is 2.78 bits per heavy atom. The lowest BCUT2D eigenvalue weighted by Gasteiger charge is -2.15. The highest BCUT2D eigenvalue weighted by Gasteiger charge is 2.30. The summed E-state index contributed by atoms with van der Waals surface area (Å²) in [7, 11) is 0. The number of likely N-dealkylation sites (tertiary alicyclic amines) is 1. The quantitative estimate of drug-likeness (QED) is 0.844. The number of alkyl halides is 3. The second-order valence-electron chi connectivity index (χ2n) is 4.31. The van der Waals surface area contributed by atoms with Crippen molar-refractivity contribution in [2.24, 2.45) is 0 Å². The number of halogens is 3. The molecule has 1 heterocycles. The van der Waals surface area contributed by atoms with E-state index in [0.717, 1.165) is 25.0 Å². The van der Waals surface area contributed by atoms with Crippen LogP contribution in [0, 0.1) is 0 Å². The third-order valence-corrected chi connectivity index (χ3v) is 2.93. The van der Waals surface area contributed by atoms with Crippen molar-refractivity contribution in [2.75, 3.05) is 18.4 Å². The third-order valence-electron chi connectivity index (χ3n) is 2.93. The maximum Gasteiger partial charge on any atom is 0.416 e. The Hall–Kier alpha value is -1.72. The van der Waals surface area contributed by atoms with Gasteiger partial charge in [0.2, 0.25) is 6.41 Å². The lowest BCUT2D eigenvalue weighted by Crippen LogP contribution is -2.25. The first kappa shape index (κ1) is 12.7. The number of amides is 1. The number of carbonyl (C=O) groups excluding carboxylic acids is 1. The smallest absolute Gasteiger partial charge is 0.380 e. The lowest BCUT2D eigenvalue weighted by atomic mass is 10.1. The van der Waals surface area contributed by atoms with Crippen molar-refractivity contribution in [3.8, 4) is 0 Å². The summed E-state index contributed by atoms with van der Waals surface area (Å²) in [4.78, 5) is 12.1. The first-order valence-corrected chi connectivity index (χ1v) is 5.62. The molecule has 0 radical (unpaired) electrons. The van der Waals surface area contributed by atoms with E-state index >= 15 is 0 Å². The van der Waals surface area contributed by atoms with Gasteiger partial charge in [-0.25, -0.2) is 0 Å². The Morgan fingerprint density at radius 1 is 1.39 bits per heavy atom. The van der Waals surface area contributed by atoms with Crippen LogP contribution >= 0.6 is 0 Å². The van der Waals surface area contributed by atoms with Crippen LogP contribution in [0.2, 0.25) is 0 Å². The van der Waals surface area contributed by atoms with Gasteiger partial charge in [0.25, 0.3) is 0 Å². The van der Waals surface area contributed by atoms with Crippen LogP contribution in [0.3, 0.4) is 0 Å². The van der Waals surface area contributed by atoms with Crippen LogP contribution in [-0.2, 0) is 11.0 Å². The number of benzene rings is 1. The molecule has 0 aliphatic carbocycles. The summed E-state index contributed by atoms with van der Waals surface area (Å²) in [6.07, 6.45) is -2.83. The van der Waals surface area contributed by atoms with E-state index in [2.05, 4.69) is 5.32 Å². The second kappa shape index (κ2) is 4.88. The molecule has 1 aromatic rings. The number of nitrogens with one attached hydrogen (secondary N) is 1. The van der Waals surface area contributed by atoms with Gasteiger partial charge in [0.15, 0.2) is 0 Å². The van der Waals surface area contributed by atoms with Gasteiger partial charge in [0.1, 0.15) is 0 Å². The van der Waals surface area contributed by atoms with E-state index in [0.29, 0.717) is 18.8 Å². The molecule has 6 heteroatoms. The highest BCUT2D eigenvalue weighted by Crippen LogP contribution is 2.31. The summed E-state index contributed by atoms with van der Waals surface area (Å²) < 4.78 is 37.5. The summed E-state index contributed by atoms with van der Waals surface area (Å²) >= 11 is 0. The fraction of sp³-hybridized carbons (Fsp3) is 0.417. The van der Waals surface area contributed by atoms with Gasteiger partial charge >= 0.3 is 6.18 Å². The first-order chi connectivity index (χ1) is 8.49. The Kier molecular flexibility index (Phi) is 3.45. The molecule has 0 aromatic heterocycles. The molecular formula is C12H13F3N2O. The number of hydrogen-bond acceptors (Lipinski definition) is 2. The molecule has 1 atom stereocenters. The average Bonchev–Trinajstić information content (AvgIpc) is 2.76. The summed E-state index contributed by atoms with van der Waals surface area (Å²) in [5.41, 5.74) is -0.236. The number of carbonyl (C=O) groups is 1. The van der Waals surface area contributed by atoms with Crippen molar-refractivity contribution in [1.82, 2.24) is 4.90 Å². The minimum atomic E-state index is -4.33. The van der Waals surface area contributed by atoms with Gasteiger partial charge in [0.05, 0.1) is 5.56 Å². The molecule has 1 saturated heterocycles. The minimum absolute atomic E-state index is 0.0127. The zero-order valence-electron chi connectivity index (χ0n) is 9.57. The Bertz CT molecular complexity index is 434. The van der Waals surface area contributed by atoms with Gasteiger partial charge in [-0.15, -0.1) is 0 Å². The predicted octanol–water partition coefficient (Wildman–Crippen LogP) is 2.35. The highest BCUT2D eigenvalue weighted by molar-refractivity contribution is 5.50. The molecule has 0 bridgehead atoms. The van der Waals surface area contributed by atoms with E-state index in [-0.39, 0.29) is 6.04 Å². The Morgan fingerprint density at radius 2 is 2.17 bits per heavy atom. The fourth-order valence-electron chi connectivity index (χ4n) is 2.02. The van der Waals surface area contributed by atoms with Crippen molar-refractivity contribution in [1.29, 1.82) is 0 Å². The van der Waals surface area contributed by atoms with Gasteiger partial charge in [0, 0.05) is 24.8 Å². The number of rotatable bonds is 3. The molecule has 1 aromatic carbocycles. The van der Waals surface area contributed by atoms with Crippen LogP contribution in [0.1, 0.15) is 12.0 Å². The van der Waals surface area contributed by atoms with E-state index in [1.165, 1.54) is 6.07 Å². The standard InChI is InChI=1S/C12H13F3N2O/c13-12(14,15)9-2-1-3-10(6-9)16-11-4-5-17(7-11)8-18/h1-3,6,8,11,16H,4-5,7H2. The van der Waals surface area contributed by atoms with Gasteiger partial charge < -0.3 is 10.2 Å². The molecule has 1 amide bonds. The lowest BCUT2D eigenvalue weighted by molar-refractivity contribution is -0.137. The van der Waals surface area contributed by atoms with E-state index in [1.54, 1.807) is 11.0 Å². The first-order valence-electron chi connectivity index (χ1n) is 5.62. The second-order valence-corrected chi connectivity index (χ2v) is 4.31. The maximum atomic E-state index is 12.5. The van der Waals surface area contributed by atoms with Crippen LogP contribution in [0.15, 0.2) is 24.3 Å². The number of nitrogens with zero attached hydrogens (tertiary/aromatic N) is 1. The fourth-order valence-corrected chi connectivity index (χ4v) is 2.02. The van der Waals surface area contributed by atoms with Crippen molar-refractivity contribution >= 4 is 12.1 Å².